The average Bonchev–Trinajstić information content (AvgIpc) is 2.65. The van der Waals surface area contributed by atoms with E-state index in [4.69, 9.17) is 10.3 Å². The maximum Gasteiger partial charge on any atom is 0.174 e. The van der Waals surface area contributed by atoms with E-state index < -0.39 is 17.7 Å². The molecule has 1 heterocycles. The third-order valence-corrected chi connectivity index (χ3v) is 2.99. The first kappa shape index (κ1) is 12.2. The summed E-state index contributed by atoms with van der Waals surface area (Å²) >= 11 is 3.19. The molecule has 0 aliphatic heterocycles. The van der Waals surface area contributed by atoms with E-state index >= 15 is 0 Å². The number of furan rings is 1. The number of halogens is 3. The van der Waals surface area contributed by atoms with Crippen LogP contribution in [-0.2, 0) is 0 Å². The summed E-state index contributed by atoms with van der Waals surface area (Å²) in [5.74, 6) is 4.10. The molecule has 0 spiro atoms. The Morgan fingerprint density at radius 3 is 2.35 bits per heavy atom. The first-order chi connectivity index (χ1) is 8.11. The molecule has 0 fully saturated rings. The molecule has 1 aromatic carbocycles. The van der Waals surface area contributed by atoms with E-state index in [-0.39, 0.29) is 0 Å². The number of hydrogen-bond donors (Lipinski definition) is 2. The molecule has 2 aromatic rings. The number of nitrogens with one attached hydrogen (secondary N) is 1. The van der Waals surface area contributed by atoms with Crippen molar-refractivity contribution >= 4 is 15.9 Å². The van der Waals surface area contributed by atoms with Crippen molar-refractivity contribution in [3.8, 4) is 0 Å². The molecule has 90 valence electrons. The summed E-state index contributed by atoms with van der Waals surface area (Å²) in [6.07, 6.45) is 1.46. The van der Waals surface area contributed by atoms with Crippen LogP contribution in [0.2, 0.25) is 0 Å². The Morgan fingerprint density at radius 1 is 1.24 bits per heavy atom. The van der Waals surface area contributed by atoms with Crippen molar-refractivity contribution in [2.45, 2.75) is 6.04 Å². The van der Waals surface area contributed by atoms with Gasteiger partial charge in [0, 0.05) is 11.6 Å². The molecule has 0 bridgehead atoms. The van der Waals surface area contributed by atoms with Gasteiger partial charge in [-0.05, 0) is 39.7 Å². The highest BCUT2D eigenvalue weighted by molar-refractivity contribution is 9.10. The van der Waals surface area contributed by atoms with Crippen molar-refractivity contribution in [2.75, 3.05) is 0 Å². The molecule has 6 heteroatoms. The van der Waals surface area contributed by atoms with Gasteiger partial charge in [-0.3, -0.25) is 5.84 Å². The van der Waals surface area contributed by atoms with Crippen molar-refractivity contribution in [3.63, 3.8) is 0 Å². The highest BCUT2D eigenvalue weighted by atomic mass is 79.9. The van der Waals surface area contributed by atoms with Gasteiger partial charge >= 0.3 is 0 Å². The van der Waals surface area contributed by atoms with Crippen LogP contribution in [0.4, 0.5) is 8.78 Å². The zero-order valence-corrected chi connectivity index (χ0v) is 10.2. The second-order valence-corrected chi connectivity index (χ2v) is 4.17. The Bertz CT molecular complexity index is 510. The number of benzene rings is 1. The number of hydrogen-bond acceptors (Lipinski definition) is 3. The first-order valence-electron chi connectivity index (χ1n) is 4.77. The zero-order chi connectivity index (χ0) is 12.4. The summed E-state index contributed by atoms with van der Waals surface area (Å²) in [6, 6.07) is 4.35. The quantitative estimate of drug-likeness (QED) is 0.677. The van der Waals surface area contributed by atoms with Crippen molar-refractivity contribution < 1.29 is 13.2 Å². The molecule has 0 amide bonds. The molecule has 3 nitrogen and oxygen atoms in total. The van der Waals surface area contributed by atoms with E-state index in [1.807, 2.05) is 0 Å². The summed E-state index contributed by atoms with van der Waals surface area (Å²) in [7, 11) is 0. The number of rotatable bonds is 3. The fourth-order valence-corrected chi connectivity index (χ4v) is 2.09. The summed E-state index contributed by atoms with van der Waals surface area (Å²) in [5, 5.41) is 0. The Balaban J connectivity index is 2.45. The Hall–Kier alpha value is -1.24. The minimum Gasteiger partial charge on any atom is -0.457 e. The van der Waals surface area contributed by atoms with E-state index in [1.54, 1.807) is 6.07 Å². The topological polar surface area (TPSA) is 51.2 Å². The smallest absolute Gasteiger partial charge is 0.174 e. The summed E-state index contributed by atoms with van der Waals surface area (Å²) in [5.41, 5.74) is 3.54. The van der Waals surface area contributed by atoms with Gasteiger partial charge in [-0.1, -0.05) is 0 Å². The third-order valence-electron chi connectivity index (χ3n) is 2.34. The summed E-state index contributed by atoms with van der Waals surface area (Å²) in [4.78, 5) is 0. The molecule has 17 heavy (non-hydrogen) atoms. The number of nitrogens with two attached hydrogens (primary N) is 1. The minimum absolute atomic E-state index is 0.382. The molecule has 0 aliphatic carbocycles. The third kappa shape index (κ3) is 2.54. The summed E-state index contributed by atoms with van der Waals surface area (Å²) < 4.78 is 31.8. The fourth-order valence-electron chi connectivity index (χ4n) is 1.62. The molecule has 0 saturated carbocycles. The lowest BCUT2D eigenvalue weighted by atomic mass is 10.0. The highest BCUT2D eigenvalue weighted by Gasteiger charge is 2.18. The largest absolute Gasteiger partial charge is 0.457 e. The molecule has 0 saturated heterocycles. The molecule has 0 radical (unpaired) electrons. The van der Waals surface area contributed by atoms with Crippen molar-refractivity contribution in [1.29, 1.82) is 0 Å². The van der Waals surface area contributed by atoms with E-state index in [9.17, 15) is 8.78 Å². The van der Waals surface area contributed by atoms with Crippen molar-refractivity contribution in [3.05, 3.63) is 58.0 Å². The second-order valence-electron chi connectivity index (χ2n) is 3.45. The van der Waals surface area contributed by atoms with Crippen LogP contribution in [0.5, 0.6) is 0 Å². The van der Waals surface area contributed by atoms with Crippen LogP contribution in [0.1, 0.15) is 17.2 Å². The van der Waals surface area contributed by atoms with Crippen LogP contribution in [0.15, 0.2) is 39.6 Å². The standard InChI is InChI=1S/C11H9BrF2N2O/c12-11-9(1-2-17-11)10(16-15)6-3-7(13)5-8(14)4-6/h1-5,10,16H,15H2. The molecule has 2 rings (SSSR count). The van der Waals surface area contributed by atoms with E-state index in [1.165, 1.54) is 18.4 Å². The van der Waals surface area contributed by atoms with Crippen molar-refractivity contribution in [2.24, 2.45) is 5.84 Å². The molecule has 1 atom stereocenters. The molecule has 1 unspecified atom stereocenters. The van der Waals surface area contributed by atoms with Gasteiger partial charge in [0.05, 0.1) is 12.3 Å². The molecular weight excluding hydrogens is 294 g/mol. The van der Waals surface area contributed by atoms with Gasteiger partial charge in [-0.2, -0.15) is 0 Å². The van der Waals surface area contributed by atoms with Gasteiger partial charge in [-0.15, -0.1) is 0 Å². The average molecular weight is 303 g/mol. The maximum absolute atomic E-state index is 13.1. The zero-order valence-electron chi connectivity index (χ0n) is 8.58. The van der Waals surface area contributed by atoms with Crippen LogP contribution in [-0.4, -0.2) is 0 Å². The molecular formula is C11H9BrF2N2O. The van der Waals surface area contributed by atoms with Crippen LogP contribution in [0.25, 0.3) is 0 Å². The first-order valence-corrected chi connectivity index (χ1v) is 5.56. The Kier molecular flexibility index (Phi) is 3.56. The van der Waals surface area contributed by atoms with Gasteiger partial charge < -0.3 is 4.42 Å². The fraction of sp³-hybridized carbons (Fsp3) is 0.0909. The maximum atomic E-state index is 13.1. The predicted molar refractivity (Wildman–Crippen MR) is 61.9 cm³/mol. The SMILES string of the molecule is NNC(c1cc(F)cc(F)c1)c1ccoc1Br. The lowest BCUT2D eigenvalue weighted by molar-refractivity contribution is 0.524. The Morgan fingerprint density at radius 2 is 1.88 bits per heavy atom. The van der Waals surface area contributed by atoms with Crippen LogP contribution < -0.4 is 11.3 Å². The molecule has 0 aliphatic rings. The monoisotopic (exact) mass is 302 g/mol. The van der Waals surface area contributed by atoms with Gasteiger partial charge in [0.25, 0.3) is 0 Å². The minimum atomic E-state index is -0.653. The highest BCUT2D eigenvalue weighted by Crippen LogP contribution is 2.29. The van der Waals surface area contributed by atoms with Gasteiger partial charge in [0.15, 0.2) is 4.67 Å². The van der Waals surface area contributed by atoms with Crippen LogP contribution in [0, 0.1) is 11.6 Å². The second kappa shape index (κ2) is 4.95. The van der Waals surface area contributed by atoms with Crippen molar-refractivity contribution in [1.82, 2.24) is 5.43 Å². The van der Waals surface area contributed by atoms with Gasteiger partial charge in [-0.25, -0.2) is 14.2 Å². The van der Waals surface area contributed by atoms with Gasteiger partial charge in [0.2, 0.25) is 0 Å². The van der Waals surface area contributed by atoms with E-state index in [0.717, 1.165) is 6.07 Å². The normalized spacial score (nSPS) is 12.7. The number of hydrazine groups is 1. The van der Waals surface area contributed by atoms with Crippen LogP contribution in [0.3, 0.4) is 0 Å². The van der Waals surface area contributed by atoms with Gasteiger partial charge in [0.1, 0.15) is 11.6 Å². The van der Waals surface area contributed by atoms with Crippen LogP contribution >= 0.6 is 15.9 Å². The lowest BCUT2D eigenvalue weighted by Crippen LogP contribution is -2.29. The predicted octanol–water partition coefficient (Wildman–Crippen LogP) is 2.87. The molecule has 1 aromatic heterocycles. The summed E-state index contributed by atoms with van der Waals surface area (Å²) in [6.45, 7) is 0. The van der Waals surface area contributed by atoms with E-state index in [2.05, 4.69) is 21.4 Å². The Labute approximate surface area is 105 Å². The molecule has 3 N–H and O–H groups in total. The lowest BCUT2D eigenvalue weighted by Gasteiger charge is -2.15. The van der Waals surface area contributed by atoms with E-state index in [0.29, 0.717) is 15.8 Å².